The van der Waals surface area contributed by atoms with Crippen molar-refractivity contribution in [1.82, 2.24) is 9.97 Å². The molecule has 0 aromatic carbocycles. The minimum absolute atomic E-state index is 0.0137. The Kier molecular flexibility index (Phi) is 3.61. The van der Waals surface area contributed by atoms with Gasteiger partial charge in [0.25, 0.3) is 0 Å². The minimum Gasteiger partial charge on any atom is -0.477 e. The van der Waals surface area contributed by atoms with Gasteiger partial charge in [-0.25, -0.2) is 9.78 Å². The molecule has 2 rings (SSSR count). The van der Waals surface area contributed by atoms with Gasteiger partial charge in [0.05, 0.1) is 10.7 Å². The number of hydrogen-bond donors (Lipinski definition) is 2. The van der Waals surface area contributed by atoms with E-state index >= 15 is 0 Å². The number of rotatable bonds is 4. The topological polar surface area (TPSA) is 66.0 Å². The van der Waals surface area contributed by atoms with Crippen LogP contribution in [0.4, 0.5) is 13.2 Å². The summed E-state index contributed by atoms with van der Waals surface area (Å²) < 4.78 is 36.2. The molecule has 0 fully saturated rings. The molecule has 2 heterocycles. The quantitative estimate of drug-likeness (QED) is 0.907. The molecule has 2 aromatic rings. The first-order valence-corrected chi connectivity index (χ1v) is 6.16. The molecule has 102 valence electrons. The number of carbonyl (C=O) groups is 1. The number of aromatic carboxylic acids is 1. The third-order valence-corrected chi connectivity index (χ3v) is 3.29. The van der Waals surface area contributed by atoms with Gasteiger partial charge in [0.2, 0.25) is 0 Å². The lowest BCUT2D eigenvalue weighted by Gasteiger charge is -2.02. The fourth-order valence-corrected chi connectivity index (χ4v) is 2.28. The summed E-state index contributed by atoms with van der Waals surface area (Å²) >= 11 is 1.13. The van der Waals surface area contributed by atoms with Crippen molar-refractivity contribution in [3.8, 4) is 11.3 Å². The zero-order valence-corrected chi connectivity index (χ0v) is 10.3. The van der Waals surface area contributed by atoms with Crippen LogP contribution >= 0.6 is 11.3 Å². The van der Waals surface area contributed by atoms with Crippen LogP contribution in [0.15, 0.2) is 17.6 Å². The average molecular weight is 290 g/mol. The fourth-order valence-electron chi connectivity index (χ4n) is 1.47. The van der Waals surface area contributed by atoms with E-state index in [4.69, 9.17) is 5.11 Å². The molecular weight excluding hydrogens is 281 g/mol. The highest BCUT2D eigenvalue weighted by Crippen LogP contribution is 2.26. The van der Waals surface area contributed by atoms with Gasteiger partial charge in [-0.2, -0.15) is 13.2 Å². The summed E-state index contributed by atoms with van der Waals surface area (Å²) in [4.78, 5) is 17.3. The van der Waals surface area contributed by atoms with Crippen molar-refractivity contribution in [1.29, 1.82) is 0 Å². The highest BCUT2D eigenvalue weighted by atomic mass is 32.1. The van der Waals surface area contributed by atoms with Gasteiger partial charge in [-0.05, 0) is 6.07 Å². The Hall–Kier alpha value is -1.83. The highest BCUT2D eigenvalue weighted by molar-refractivity contribution is 7.09. The molecule has 0 saturated heterocycles. The van der Waals surface area contributed by atoms with Crippen LogP contribution in [0, 0.1) is 0 Å². The number of nitrogens with one attached hydrogen (secondary N) is 1. The summed E-state index contributed by atoms with van der Waals surface area (Å²) in [5.74, 6) is -1.10. The van der Waals surface area contributed by atoms with Gasteiger partial charge in [-0.15, -0.1) is 11.3 Å². The Labute approximate surface area is 109 Å². The van der Waals surface area contributed by atoms with E-state index in [-0.39, 0.29) is 12.1 Å². The number of thiazole rings is 1. The van der Waals surface area contributed by atoms with E-state index in [0.717, 1.165) is 11.3 Å². The van der Waals surface area contributed by atoms with Crippen molar-refractivity contribution in [2.45, 2.75) is 19.0 Å². The van der Waals surface area contributed by atoms with Crippen molar-refractivity contribution in [3.63, 3.8) is 0 Å². The maximum Gasteiger partial charge on any atom is 0.389 e. The lowest BCUT2D eigenvalue weighted by molar-refractivity contribution is -0.134. The predicted octanol–water partition coefficient (Wildman–Crippen LogP) is 3.33. The zero-order valence-electron chi connectivity index (χ0n) is 9.49. The SMILES string of the molecule is O=C(O)c1cc(-c2csc(CCC(F)(F)F)n2)c[nH]1. The van der Waals surface area contributed by atoms with Gasteiger partial charge in [0.15, 0.2) is 0 Å². The number of nitrogens with zero attached hydrogens (tertiary/aromatic N) is 1. The van der Waals surface area contributed by atoms with Crippen molar-refractivity contribution >= 4 is 17.3 Å². The van der Waals surface area contributed by atoms with Crippen LogP contribution in [-0.2, 0) is 6.42 Å². The number of halogens is 3. The maximum atomic E-state index is 12.1. The van der Waals surface area contributed by atoms with Gasteiger partial charge < -0.3 is 10.1 Å². The first-order valence-electron chi connectivity index (χ1n) is 5.28. The monoisotopic (exact) mass is 290 g/mol. The first kappa shape index (κ1) is 13.6. The second kappa shape index (κ2) is 5.04. The number of carboxylic acid groups (broad SMARTS) is 1. The maximum absolute atomic E-state index is 12.1. The van der Waals surface area contributed by atoms with Crippen molar-refractivity contribution in [2.75, 3.05) is 0 Å². The summed E-state index contributed by atoms with van der Waals surface area (Å²) in [7, 11) is 0. The number of H-pyrrole nitrogens is 1. The third-order valence-electron chi connectivity index (χ3n) is 2.38. The van der Waals surface area contributed by atoms with Crippen LogP contribution in [0.1, 0.15) is 21.9 Å². The second-order valence-electron chi connectivity index (χ2n) is 3.85. The molecule has 2 aromatic heterocycles. The number of alkyl halides is 3. The van der Waals surface area contributed by atoms with E-state index in [1.165, 1.54) is 12.3 Å². The standard InChI is InChI=1S/C11H9F3N2O2S/c12-11(13,14)2-1-9-16-8(5-19-9)6-3-7(10(17)18)15-4-6/h3-5,15H,1-2H2,(H,17,18). The summed E-state index contributed by atoms with van der Waals surface area (Å²) in [5, 5.41) is 10.7. The molecule has 0 atom stereocenters. The van der Waals surface area contributed by atoms with Gasteiger partial charge in [-0.3, -0.25) is 0 Å². The van der Waals surface area contributed by atoms with Crippen LogP contribution in [0.3, 0.4) is 0 Å². The number of hydrogen-bond acceptors (Lipinski definition) is 3. The lowest BCUT2D eigenvalue weighted by Crippen LogP contribution is -2.08. The zero-order chi connectivity index (χ0) is 14.0. The molecule has 0 saturated carbocycles. The van der Waals surface area contributed by atoms with Crippen LogP contribution < -0.4 is 0 Å². The largest absolute Gasteiger partial charge is 0.477 e. The Morgan fingerprint density at radius 3 is 2.79 bits per heavy atom. The Bertz CT molecular complexity index is 589. The lowest BCUT2D eigenvalue weighted by atomic mass is 10.2. The first-order chi connectivity index (χ1) is 8.85. The molecule has 0 aliphatic heterocycles. The van der Waals surface area contributed by atoms with Crippen LogP contribution in [0.25, 0.3) is 11.3 Å². The number of aryl methyl sites for hydroxylation is 1. The van der Waals surface area contributed by atoms with Gasteiger partial charge in [0.1, 0.15) is 5.69 Å². The van der Waals surface area contributed by atoms with Gasteiger partial charge in [0, 0.05) is 30.0 Å². The number of aromatic nitrogens is 2. The van der Waals surface area contributed by atoms with Gasteiger partial charge >= 0.3 is 12.1 Å². The molecule has 0 spiro atoms. The Balaban J connectivity index is 2.09. The van der Waals surface area contributed by atoms with E-state index in [9.17, 15) is 18.0 Å². The van der Waals surface area contributed by atoms with Crippen LogP contribution in [0.2, 0.25) is 0 Å². The third kappa shape index (κ3) is 3.57. The van der Waals surface area contributed by atoms with E-state index in [1.807, 2.05) is 0 Å². The molecule has 2 N–H and O–H groups in total. The number of aromatic amines is 1. The average Bonchev–Trinajstić information content (AvgIpc) is 2.94. The molecule has 0 aliphatic carbocycles. The molecule has 0 aliphatic rings. The molecule has 0 amide bonds. The molecule has 0 radical (unpaired) electrons. The summed E-state index contributed by atoms with van der Waals surface area (Å²) in [5.41, 5.74) is 1.04. The van der Waals surface area contributed by atoms with E-state index < -0.39 is 18.6 Å². The molecule has 8 heteroatoms. The van der Waals surface area contributed by atoms with Crippen molar-refractivity contribution < 1.29 is 23.1 Å². The molecule has 0 bridgehead atoms. The Morgan fingerprint density at radius 2 is 2.21 bits per heavy atom. The van der Waals surface area contributed by atoms with Crippen LogP contribution in [-0.4, -0.2) is 27.2 Å². The summed E-state index contributed by atoms with van der Waals surface area (Å²) in [6.45, 7) is 0. The second-order valence-corrected chi connectivity index (χ2v) is 4.79. The predicted molar refractivity (Wildman–Crippen MR) is 63.2 cm³/mol. The summed E-state index contributed by atoms with van der Waals surface area (Å²) in [6.07, 6.45) is -3.81. The minimum atomic E-state index is -4.20. The molecule has 0 unspecified atom stereocenters. The van der Waals surface area contributed by atoms with E-state index in [2.05, 4.69) is 9.97 Å². The molecule has 4 nitrogen and oxygen atoms in total. The van der Waals surface area contributed by atoms with Crippen LogP contribution in [0.5, 0.6) is 0 Å². The number of carboxylic acids is 1. The smallest absolute Gasteiger partial charge is 0.389 e. The fraction of sp³-hybridized carbons (Fsp3) is 0.273. The van der Waals surface area contributed by atoms with Crippen molar-refractivity contribution in [3.05, 3.63) is 28.3 Å². The van der Waals surface area contributed by atoms with Gasteiger partial charge in [-0.1, -0.05) is 0 Å². The molecular formula is C11H9F3N2O2S. The van der Waals surface area contributed by atoms with E-state index in [1.54, 1.807) is 5.38 Å². The van der Waals surface area contributed by atoms with Crippen molar-refractivity contribution in [2.24, 2.45) is 0 Å². The highest BCUT2D eigenvalue weighted by Gasteiger charge is 2.27. The van der Waals surface area contributed by atoms with E-state index in [0.29, 0.717) is 16.3 Å². The summed E-state index contributed by atoms with van der Waals surface area (Å²) in [6, 6.07) is 1.39. The normalized spacial score (nSPS) is 11.7. The molecule has 19 heavy (non-hydrogen) atoms. The Morgan fingerprint density at radius 1 is 1.47 bits per heavy atom.